The third kappa shape index (κ3) is 2.61. The third-order valence-corrected chi connectivity index (χ3v) is 5.98. The van der Waals surface area contributed by atoms with Gasteiger partial charge in [0.05, 0.1) is 18.1 Å². The van der Waals surface area contributed by atoms with Crippen LogP contribution in [-0.4, -0.2) is 32.4 Å². The number of benzene rings is 1. The molecule has 1 aromatic rings. The normalized spacial score (nSPS) is 18.1. The van der Waals surface area contributed by atoms with Gasteiger partial charge in [0.1, 0.15) is 5.54 Å². The Hall–Kier alpha value is -1.65. The first-order valence-electron chi connectivity index (χ1n) is 6.51. The van der Waals surface area contributed by atoms with Crippen LogP contribution in [0.5, 0.6) is 5.75 Å². The average molecular weight is 312 g/mol. The molecule has 0 saturated heterocycles. The first-order valence-corrected chi connectivity index (χ1v) is 7.95. The summed E-state index contributed by atoms with van der Waals surface area (Å²) in [6.07, 6.45) is 1.66. The molecular weight excluding hydrogens is 295 g/mol. The van der Waals surface area contributed by atoms with E-state index in [0.29, 0.717) is 0 Å². The average Bonchev–Trinajstić information content (AvgIpc) is 3.30. The van der Waals surface area contributed by atoms with Crippen molar-refractivity contribution in [1.29, 1.82) is 5.26 Å². The molecule has 1 aromatic carbocycles. The molecule has 0 heterocycles. The fourth-order valence-corrected chi connectivity index (χ4v) is 3.77. The molecule has 1 atom stereocenters. The molecule has 114 valence electrons. The number of hydrogen-bond acceptors (Lipinski definition) is 4. The Bertz CT molecular complexity index is 695. The summed E-state index contributed by atoms with van der Waals surface area (Å²) >= 11 is 0. The minimum atomic E-state index is -3.90. The van der Waals surface area contributed by atoms with E-state index in [4.69, 9.17) is 4.74 Å². The second-order valence-corrected chi connectivity index (χ2v) is 7.27. The van der Waals surface area contributed by atoms with Crippen LogP contribution in [0.2, 0.25) is 0 Å². The van der Waals surface area contributed by atoms with Gasteiger partial charge in [-0.15, -0.1) is 0 Å². The van der Waals surface area contributed by atoms with Gasteiger partial charge in [-0.05, 0) is 37.8 Å². The van der Waals surface area contributed by atoms with Crippen LogP contribution in [0.4, 0.5) is 4.39 Å². The quantitative estimate of drug-likeness (QED) is 0.835. The maximum atomic E-state index is 13.4. The van der Waals surface area contributed by atoms with E-state index in [1.54, 1.807) is 6.92 Å². The minimum Gasteiger partial charge on any atom is -0.494 e. The zero-order valence-corrected chi connectivity index (χ0v) is 12.9. The molecule has 0 amide bonds. The SMILES string of the molecule is COc1cc(S(=O)(=O)N(C)[C@@](C)(C#N)C2CC2)ccc1F. The molecule has 1 aliphatic carbocycles. The van der Waals surface area contributed by atoms with Crippen molar-refractivity contribution in [2.24, 2.45) is 5.92 Å². The number of sulfonamides is 1. The number of methoxy groups -OCH3 is 1. The molecule has 2 rings (SSSR count). The molecule has 21 heavy (non-hydrogen) atoms. The monoisotopic (exact) mass is 312 g/mol. The lowest BCUT2D eigenvalue weighted by atomic mass is 9.99. The van der Waals surface area contributed by atoms with Crippen molar-refractivity contribution < 1.29 is 17.5 Å². The van der Waals surface area contributed by atoms with Gasteiger partial charge < -0.3 is 4.74 Å². The van der Waals surface area contributed by atoms with Gasteiger partial charge in [-0.25, -0.2) is 12.8 Å². The first kappa shape index (κ1) is 15.7. The van der Waals surface area contributed by atoms with E-state index >= 15 is 0 Å². The summed E-state index contributed by atoms with van der Waals surface area (Å²) in [5.41, 5.74) is -1.10. The lowest BCUT2D eigenvalue weighted by molar-refractivity contribution is 0.276. The van der Waals surface area contributed by atoms with E-state index in [-0.39, 0.29) is 16.6 Å². The Balaban J connectivity index is 2.44. The van der Waals surface area contributed by atoms with Gasteiger partial charge in [0.15, 0.2) is 11.6 Å². The van der Waals surface area contributed by atoms with Gasteiger partial charge in [0.25, 0.3) is 0 Å². The molecule has 1 saturated carbocycles. The highest BCUT2D eigenvalue weighted by molar-refractivity contribution is 7.89. The van der Waals surface area contributed by atoms with Gasteiger partial charge >= 0.3 is 0 Å². The highest BCUT2D eigenvalue weighted by Crippen LogP contribution is 2.44. The Morgan fingerprint density at radius 3 is 2.57 bits per heavy atom. The van der Waals surface area contributed by atoms with Crippen molar-refractivity contribution in [3.63, 3.8) is 0 Å². The summed E-state index contributed by atoms with van der Waals surface area (Å²) in [5.74, 6) is -0.747. The van der Waals surface area contributed by atoms with Gasteiger partial charge in [-0.2, -0.15) is 9.57 Å². The fraction of sp³-hybridized carbons (Fsp3) is 0.500. The van der Waals surface area contributed by atoms with E-state index in [9.17, 15) is 18.1 Å². The van der Waals surface area contributed by atoms with Crippen molar-refractivity contribution in [3.05, 3.63) is 24.0 Å². The van der Waals surface area contributed by atoms with E-state index < -0.39 is 21.4 Å². The number of halogens is 1. The van der Waals surface area contributed by atoms with Crippen LogP contribution in [0.1, 0.15) is 19.8 Å². The summed E-state index contributed by atoms with van der Waals surface area (Å²) in [6, 6.07) is 5.45. The Kier molecular flexibility index (Phi) is 3.95. The zero-order chi connectivity index (χ0) is 15.8. The van der Waals surface area contributed by atoms with E-state index in [1.165, 1.54) is 20.2 Å². The number of nitrogens with zero attached hydrogens (tertiary/aromatic N) is 2. The van der Waals surface area contributed by atoms with E-state index in [0.717, 1.165) is 29.3 Å². The van der Waals surface area contributed by atoms with Crippen LogP contribution in [0, 0.1) is 23.1 Å². The van der Waals surface area contributed by atoms with Crippen molar-refractivity contribution in [2.75, 3.05) is 14.2 Å². The number of nitriles is 1. The van der Waals surface area contributed by atoms with Gasteiger partial charge in [-0.3, -0.25) is 0 Å². The molecule has 1 fully saturated rings. The Morgan fingerprint density at radius 2 is 2.10 bits per heavy atom. The summed E-state index contributed by atoms with van der Waals surface area (Å²) in [7, 11) is -1.25. The molecule has 5 nitrogen and oxygen atoms in total. The summed E-state index contributed by atoms with van der Waals surface area (Å²) in [5, 5.41) is 9.38. The fourth-order valence-electron chi connectivity index (χ4n) is 2.27. The molecule has 0 N–H and O–H groups in total. The highest BCUT2D eigenvalue weighted by atomic mass is 32.2. The zero-order valence-electron chi connectivity index (χ0n) is 12.1. The Labute approximate surface area is 124 Å². The number of hydrogen-bond donors (Lipinski definition) is 0. The van der Waals surface area contributed by atoms with Crippen LogP contribution < -0.4 is 4.74 Å². The molecule has 7 heteroatoms. The lowest BCUT2D eigenvalue weighted by Gasteiger charge is -2.32. The second kappa shape index (κ2) is 5.28. The predicted molar refractivity (Wildman–Crippen MR) is 74.6 cm³/mol. The molecule has 0 radical (unpaired) electrons. The van der Waals surface area contributed by atoms with Crippen LogP contribution in [0.25, 0.3) is 0 Å². The maximum absolute atomic E-state index is 13.4. The third-order valence-electron chi connectivity index (χ3n) is 4.03. The Morgan fingerprint density at radius 1 is 1.48 bits per heavy atom. The molecule has 0 unspecified atom stereocenters. The van der Waals surface area contributed by atoms with Crippen LogP contribution in [-0.2, 0) is 10.0 Å². The summed E-state index contributed by atoms with van der Waals surface area (Å²) in [6.45, 7) is 1.61. The van der Waals surface area contributed by atoms with Gasteiger partial charge in [0, 0.05) is 13.1 Å². The van der Waals surface area contributed by atoms with Crippen molar-refractivity contribution in [3.8, 4) is 11.8 Å². The first-order chi connectivity index (χ1) is 9.77. The standard InChI is InChI=1S/C14H17FN2O3S/c1-14(9-16,10-4-5-10)17(2)21(18,19)11-6-7-12(15)13(8-11)20-3/h6-8,10H,4-5H2,1-3H3/t14-/m0/s1. The molecular formula is C14H17FN2O3S. The molecule has 0 aromatic heterocycles. The number of rotatable bonds is 5. The van der Waals surface area contributed by atoms with Crippen molar-refractivity contribution in [1.82, 2.24) is 4.31 Å². The van der Waals surface area contributed by atoms with E-state index in [1.807, 2.05) is 0 Å². The number of ether oxygens (including phenoxy) is 1. The van der Waals surface area contributed by atoms with Gasteiger partial charge in [-0.1, -0.05) is 0 Å². The van der Waals surface area contributed by atoms with Crippen molar-refractivity contribution in [2.45, 2.75) is 30.2 Å². The summed E-state index contributed by atoms with van der Waals surface area (Å²) < 4.78 is 44.6. The van der Waals surface area contributed by atoms with E-state index in [2.05, 4.69) is 6.07 Å². The molecule has 1 aliphatic rings. The topological polar surface area (TPSA) is 70.4 Å². The van der Waals surface area contributed by atoms with Gasteiger partial charge in [0.2, 0.25) is 10.0 Å². The second-order valence-electron chi connectivity index (χ2n) is 5.30. The molecule has 0 bridgehead atoms. The van der Waals surface area contributed by atoms with Crippen molar-refractivity contribution >= 4 is 10.0 Å². The molecule has 0 aliphatic heterocycles. The largest absolute Gasteiger partial charge is 0.494 e. The van der Waals surface area contributed by atoms with Crippen LogP contribution >= 0.6 is 0 Å². The minimum absolute atomic E-state index is 0.0321. The predicted octanol–water partition coefficient (Wildman–Crippen LogP) is 2.15. The molecule has 0 spiro atoms. The van der Waals surface area contributed by atoms with Crippen LogP contribution in [0.3, 0.4) is 0 Å². The summed E-state index contributed by atoms with van der Waals surface area (Å²) in [4.78, 5) is -0.0922. The van der Waals surface area contributed by atoms with Crippen LogP contribution in [0.15, 0.2) is 23.1 Å². The lowest BCUT2D eigenvalue weighted by Crippen LogP contribution is -2.47. The highest BCUT2D eigenvalue weighted by Gasteiger charge is 2.49. The smallest absolute Gasteiger partial charge is 0.244 e. The maximum Gasteiger partial charge on any atom is 0.244 e.